The number of carbonyl (C=O) groups excluding carboxylic acids is 1. The first-order valence-electron chi connectivity index (χ1n) is 5.76. The number of nitrogens with zero attached hydrogens (tertiary/aromatic N) is 1. The molecule has 1 fully saturated rings. The molecule has 0 unspecified atom stereocenters. The van der Waals surface area contributed by atoms with Crippen LogP contribution in [0.1, 0.15) is 39.0 Å². The number of oxime groups is 1. The van der Waals surface area contributed by atoms with E-state index in [2.05, 4.69) is 5.16 Å². The second-order valence-electron chi connectivity index (χ2n) is 4.57. The molecule has 0 atom stereocenters. The van der Waals surface area contributed by atoms with Gasteiger partial charge in [0.25, 0.3) is 0 Å². The van der Waals surface area contributed by atoms with Crippen LogP contribution in [0.15, 0.2) is 5.16 Å². The van der Waals surface area contributed by atoms with E-state index in [0.717, 1.165) is 0 Å². The van der Waals surface area contributed by atoms with Gasteiger partial charge < -0.3 is 9.57 Å². The van der Waals surface area contributed by atoms with Gasteiger partial charge in [-0.1, -0.05) is 5.16 Å². The SMILES string of the molecule is CCOC(=O)C1=NOC2(CCC(F)(F)CC2)C1. The molecule has 4 nitrogen and oxygen atoms in total. The lowest BCUT2D eigenvalue weighted by atomic mass is 9.80. The molecule has 0 radical (unpaired) electrons. The van der Waals surface area contributed by atoms with E-state index in [9.17, 15) is 13.6 Å². The van der Waals surface area contributed by atoms with Crippen molar-refractivity contribution in [2.24, 2.45) is 5.16 Å². The lowest BCUT2D eigenvalue weighted by Crippen LogP contribution is -2.39. The second-order valence-corrected chi connectivity index (χ2v) is 4.57. The van der Waals surface area contributed by atoms with Gasteiger partial charge in [0, 0.05) is 19.3 Å². The first kappa shape index (κ1) is 12.3. The Morgan fingerprint density at radius 1 is 1.41 bits per heavy atom. The summed E-state index contributed by atoms with van der Waals surface area (Å²) < 4.78 is 30.9. The van der Waals surface area contributed by atoms with Crippen LogP contribution in [0.2, 0.25) is 0 Å². The normalized spacial score (nSPS) is 25.2. The molecule has 1 spiro atoms. The number of halogens is 2. The Labute approximate surface area is 97.9 Å². The number of carbonyl (C=O) groups is 1. The van der Waals surface area contributed by atoms with Gasteiger partial charge in [-0.05, 0) is 19.8 Å². The average molecular weight is 247 g/mol. The molecular formula is C11H15F2NO3. The summed E-state index contributed by atoms with van der Waals surface area (Å²) in [5, 5.41) is 3.68. The molecule has 0 aromatic carbocycles. The molecule has 0 saturated heterocycles. The van der Waals surface area contributed by atoms with Crippen LogP contribution in [-0.4, -0.2) is 29.8 Å². The van der Waals surface area contributed by atoms with E-state index in [-0.39, 0.29) is 44.4 Å². The van der Waals surface area contributed by atoms with Crippen LogP contribution in [0, 0.1) is 0 Å². The third-order valence-electron chi connectivity index (χ3n) is 3.24. The molecule has 0 aromatic rings. The van der Waals surface area contributed by atoms with Gasteiger partial charge in [0.05, 0.1) is 6.61 Å². The van der Waals surface area contributed by atoms with Gasteiger partial charge in [-0.2, -0.15) is 0 Å². The van der Waals surface area contributed by atoms with Crippen molar-refractivity contribution < 1.29 is 23.1 Å². The van der Waals surface area contributed by atoms with Crippen LogP contribution in [0.4, 0.5) is 8.78 Å². The molecule has 1 heterocycles. The van der Waals surface area contributed by atoms with Crippen molar-refractivity contribution in [3.63, 3.8) is 0 Å². The highest BCUT2D eigenvalue weighted by Crippen LogP contribution is 2.44. The Morgan fingerprint density at radius 2 is 2.06 bits per heavy atom. The highest BCUT2D eigenvalue weighted by atomic mass is 19.3. The first-order valence-corrected chi connectivity index (χ1v) is 5.76. The van der Waals surface area contributed by atoms with Crippen LogP contribution in [-0.2, 0) is 14.4 Å². The summed E-state index contributed by atoms with van der Waals surface area (Å²) >= 11 is 0. The Bertz CT molecular complexity index is 345. The molecule has 96 valence electrons. The fourth-order valence-electron chi connectivity index (χ4n) is 2.18. The lowest BCUT2D eigenvalue weighted by Gasteiger charge is -2.34. The molecule has 2 aliphatic rings. The third-order valence-corrected chi connectivity index (χ3v) is 3.24. The number of hydrogen-bond donors (Lipinski definition) is 0. The smallest absolute Gasteiger partial charge is 0.356 e. The second kappa shape index (κ2) is 4.23. The fraction of sp³-hybridized carbons (Fsp3) is 0.818. The van der Waals surface area contributed by atoms with Gasteiger partial charge in [0.1, 0.15) is 5.60 Å². The summed E-state index contributed by atoms with van der Waals surface area (Å²) in [5.41, 5.74) is -0.499. The zero-order chi connectivity index (χ0) is 12.5. The molecule has 0 amide bonds. The summed E-state index contributed by atoms with van der Waals surface area (Å²) in [6.45, 7) is 1.97. The van der Waals surface area contributed by atoms with Crippen LogP contribution in [0.5, 0.6) is 0 Å². The van der Waals surface area contributed by atoms with E-state index in [1.54, 1.807) is 6.92 Å². The molecule has 1 aliphatic heterocycles. The summed E-state index contributed by atoms with van der Waals surface area (Å²) in [4.78, 5) is 16.6. The maximum absolute atomic E-state index is 13.0. The van der Waals surface area contributed by atoms with E-state index in [1.807, 2.05) is 0 Å². The van der Waals surface area contributed by atoms with E-state index in [1.165, 1.54) is 0 Å². The minimum atomic E-state index is -2.61. The quantitative estimate of drug-likeness (QED) is 0.703. The standard InChI is InChI=1S/C11H15F2NO3/c1-2-16-9(15)8-7-10(17-14-8)3-5-11(12,13)6-4-10/h2-7H2,1H3. The minimum absolute atomic E-state index is 0.206. The zero-order valence-corrected chi connectivity index (χ0v) is 9.67. The van der Waals surface area contributed by atoms with Crippen molar-refractivity contribution in [1.82, 2.24) is 0 Å². The average Bonchev–Trinajstić information content (AvgIpc) is 2.69. The Morgan fingerprint density at radius 3 is 2.65 bits per heavy atom. The van der Waals surface area contributed by atoms with E-state index < -0.39 is 17.5 Å². The van der Waals surface area contributed by atoms with Crippen LogP contribution in [0.3, 0.4) is 0 Å². The van der Waals surface area contributed by atoms with Gasteiger partial charge >= 0.3 is 5.97 Å². The first-order chi connectivity index (χ1) is 7.96. The predicted molar refractivity (Wildman–Crippen MR) is 55.9 cm³/mol. The lowest BCUT2D eigenvalue weighted by molar-refractivity contribution is -0.135. The molecule has 1 saturated carbocycles. The van der Waals surface area contributed by atoms with Crippen LogP contribution < -0.4 is 0 Å². The summed E-state index contributed by atoms with van der Waals surface area (Å²) in [5.74, 6) is -3.12. The maximum atomic E-state index is 13.0. The van der Waals surface area contributed by atoms with Crippen molar-refractivity contribution in [1.29, 1.82) is 0 Å². The van der Waals surface area contributed by atoms with Gasteiger partial charge in [-0.3, -0.25) is 0 Å². The fourth-order valence-corrected chi connectivity index (χ4v) is 2.18. The number of esters is 1. The Kier molecular flexibility index (Phi) is 3.05. The van der Waals surface area contributed by atoms with E-state index in [4.69, 9.17) is 9.57 Å². The molecular weight excluding hydrogens is 232 g/mol. The number of alkyl halides is 2. The van der Waals surface area contributed by atoms with Crippen LogP contribution in [0.25, 0.3) is 0 Å². The summed E-state index contributed by atoms with van der Waals surface area (Å²) in [6, 6.07) is 0. The van der Waals surface area contributed by atoms with Crippen molar-refractivity contribution >= 4 is 11.7 Å². The van der Waals surface area contributed by atoms with Crippen molar-refractivity contribution in [3.05, 3.63) is 0 Å². The number of rotatable bonds is 2. The molecule has 0 N–H and O–H groups in total. The van der Waals surface area contributed by atoms with Gasteiger partial charge in [-0.15, -0.1) is 0 Å². The molecule has 0 bridgehead atoms. The van der Waals surface area contributed by atoms with Gasteiger partial charge in [0.2, 0.25) is 5.92 Å². The van der Waals surface area contributed by atoms with Crippen molar-refractivity contribution in [2.45, 2.75) is 50.6 Å². The molecule has 0 aromatic heterocycles. The summed E-state index contributed by atoms with van der Waals surface area (Å²) in [6.07, 6.45) is 0.317. The maximum Gasteiger partial charge on any atom is 0.356 e. The molecule has 1 aliphatic carbocycles. The molecule has 2 rings (SSSR count). The van der Waals surface area contributed by atoms with E-state index >= 15 is 0 Å². The largest absolute Gasteiger partial charge is 0.461 e. The predicted octanol–water partition coefficient (Wildman–Crippen LogP) is 2.27. The van der Waals surface area contributed by atoms with Crippen LogP contribution >= 0.6 is 0 Å². The van der Waals surface area contributed by atoms with Gasteiger partial charge in [-0.25, -0.2) is 13.6 Å². The minimum Gasteiger partial charge on any atom is -0.461 e. The number of ether oxygens (including phenoxy) is 1. The topological polar surface area (TPSA) is 47.9 Å². The highest BCUT2D eigenvalue weighted by molar-refractivity contribution is 6.36. The Hall–Kier alpha value is -1.20. The Balaban J connectivity index is 1.94. The monoisotopic (exact) mass is 247 g/mol. The van der Waals surface area contributed by atoms with Crippen molar-refractivity contribution in [3.8, 4) is 0 Å². The number of hydrogen-bond acceptors (Lipinski definition) is 4. The molecule has 6 heteroatoms. The van der Waals surface area contributed by atoms with E-state index in [0.29, 0.717) is 0 Å². The van der Waals surface area contributed by atoms with Gasteiger partial charge in [0.15, 0.2) is 5.71 Å². The summed E-state index contributed by atoms with van der Waals surface area (Å²) in [7, 11) is 0. The third kappa shape index (κ3) is 2.56. The highest BCUT2D eigenvalue weighted by Gasteiger charge is 2.49. The molecule has 17 heavy (non-hydrogen) atoms. The zero-order valence-electron chi connectivity index (χ0n) is 9.67. The van der Waals surface area contributed by atoms with Crippen molar-refractivity contribution in [2.75, 3.05) is 6.61 Å².